The van der Waals surface area contributed by atoms with Crippen LogP contribution in [0.15, 0.2) is 0 Å². The van der Waals surface area contributed by atoms with E-state index in [9.17, 15) is 8.42 Å². The van der Waals surface area contributed by atoms with E-state index in [0.29, 0.717) is 18.9 Å². The summed E-state index contributed by atoms with van der Waals surface area (Å²) in [6, 6.07) is 0. The molecular weight excluding hydrogens is 210 g/mol. The van der Waals surface area contributed by atoms with Crippen molar-refractivity contribution in [3.63, 3.8) is 0 Å². The minimum Gasteiger partial charge on any atom is -0.330 e. The molecule has 1 saturated carbocycles. The summed E-state index contributed by atoms with van der Waals surface area (Å²) in [7, 11) is -2.90. The van der Waals surface area contributed by atoms with Crippen LogP contribution in [0.25, 0.3) is 0 Å². The van der Waals surface area contributed by atoms with Crippen molar-refractivity contribution in [1.29, 1.82) is 0 Å². The zero-order chi connectivity index (χ0) is 11.7. The molecule has 0 aromatic heterocycles. The summed E-state index contributed by atoms with van der Waals surface area (Å²) < 4.78 is 23.4. The van der Waals surface area contributed by atoms with Crippen molar-refractivity contribution in [2.24, 2.45) is 17.1 Å². The predicted molar refractivity (Wildman–Crippen MR) is 63.4 cm³/mol. The molecule has 0 aromatic rings. The number of hydrogen-bond acceptors (Lipinski definition) is 3. The van der Waals surface area contributed by atoms with Gasteiger partial charge in [-0.25, -0.2) is 8.42 Å². The molecule has 1 aliphatic rings. The minimum absolute atomic E-state index is 0.0436. The third-order valence-corrected chi connectivity index (χ3v) is 5.91. The van der Waals surface area contributed by atoms with Gasteiger partial charge in [0.1, 0.15) is 0 Å². The van der Waals surface area contributed by atoms with Crippen LogP contribution >= 0.6 is 0 Å². The lowest BCUT2D eigenvalue weighted by Gasteiger charge is -2.28. The van der Waals surface area contributed by atoms with E-state index in [4.69, 9.17) is 5.73 Å². The first-order valence-corrected chi connectivity index (χ1v) is 7.45. The van der Waals surface area contributed by atoms with Gasteiger partial charge in [0.05, 0.1) is 11.0 Å². The molecule has 1 unspecified atom stereocenters. The van der Waals surface area contributed by atoms with Crippen molar-refractivity contribution in [2.45, 2.75) is 45.3 Å². The van der Waals surface area contributed by atoms with Gasteiger partial charge in [-0.15, -0.1) is 0 Å². The zero-order valence-corrected chi connectivity index (χ0v) is 10.8. The van der Waals surface area contributed by atoms with Crippen LogP contribution in [0.1, 0.15) is 40.0 Å². The van der Waals surface area contributed by atoms with E-state index in [1.54, 1.807) is 13.8 Å². The van der Waals surface area contributed by atoms with Gasteiger partial charge in [0.25, 0.3) is 0 Å². The van der Waals surface area contributed by atoms with Gasteiger partial charge >= 0.3 is 0 Å². The fourth-order valence-corrected chi connectivity index (χ4v) is 3.09. The molecule has 4 heteroatoms. The van der Waals surface area contributed by atoms with Gasteiger partial charge in [-0.05, 0) is 51.0 Å². The first-order chi connectivity index (χ1) is 6.82. The van der Waals surface area contributed by atoms with Gasteiger partial charge in [-0.1, -0.05) is 6.92 Å². The van der Waals surface area contributed by atoms with Gasteiger partial charge < -0.3 is 5.73 Å². The largest absolute Gasteiger partial charge is 0.330 e. The first kappa shape index (κ1) is 13.0. The molecule has 0 bridgehead atoms. The summed E-state index contributed by atoms with van der Waals surface area (Å²) in [5.74, 6) is 0.944. The second-order valence-electron chi connectivity index (χ2n) is 5.30. The van der Waals surface area contributed by atoms with Crippen molar-refractivity contribution in [3.05, 3.63) is 0 Å². The maximum absolute atomic E-state index is 11.7. The van der Waals surface area contributed by atoms with Crippen LogP contribution in [0, 0.1) is 11.3 Å². The summed E-state index contributed by atoms with van der Waals surface area (Å²) in [6.45, 7) is 6.21. The van der Waals surface area contributed by atoms with Crippen molar-refractivity contribution >= 4 is 9.84 Å². The van der Waals surface area contributed by atoms with Gasteiger partial charge in [0, 0.05) is 0 Å². The van der Waals surface area contributed by atoms with Crippen molar-refractivity contribution in [2.75, 3.05) is 12.3 Å². The minimum atomic E-state index is -2.90. The summed E-state index contributed by atoms with van der Waals surface area (Å²) in [5.41, 5.74) is 5.80. The highest BCUT2D eigenvalue weighted by atomic mass is 32.2. The van der Waals surface area contributed by atoms with Crippen LogP contribution in [0.2, 0.25) is 0 Å². The smallest absolute Gasteiger partial charge is 0.152 e. The van der Waals surface area contributed by atoms with Crippen molar-refractivity contribution in [3.8, 4) is 0 Å². The van der Waals surface area contributed by atoms with E-state index in [-0.39, 0.29) is 16.4 Å². The highest BCUT2D eigenvalue weighted by molar-refractivity contribution is 7.91. The maximum Gasteiger partial charge on any atom is 0.152 e. The molecule has 15 heavy (non-hydrogen) atoms. The fraction of sp³-hybridized carbons (Fsp3) is 1.00. The summed E-state index contributed by atoms with van der Waals surface area (Å²) in [6.07, 6.45) is 3.15. The Morgan fingerprint density at radius 1 is 1.40 bits per heavy atom. The van der Waals surface area contributed by atoms with E-state index in [0.717, 1.165) is 0 Å². The molecule has 0 heterocycles. The number of rotatable bonds is 6. The topological polar surface area (TPSA) is 60.2 Å². The molecule has 0 aliphatic heterocycles. The monoisotopic (exact) mass is 233 g/mol. The molecule has 90 valence electrons. The number of sulfone groups is 1. The van der Waals surface area contributed by atoms with Crippen LogP contribution in [0.3, 0.4) is 0 Å². The molecule has 0 radical (unpaired) electrons. The molecule has 1 aliphatic carbocycles. The summed E-state index contributed by atoms with van der Waals surface area (Å²) in [5, 5.41) is -0.265. The Morgan fingerprint density at radius 3 is 2.27 bits per heavy atom. The summed E-state index contributed by atoms with van der Waals surface area (Å²) in [4.78, 5) is 0. The van der Waals surface area contributed by atoms with Crippen LogP contribution in [0.4, 0.5) is 0 Å². The Kier molecular flexibility index (Phi) is 3.82. The quantitative estimate of drug-likeness (QED) is 0.757. The highest BCUT2D eigenvalue weighted by Crippen LogP contribution is 2.47. The van der Waals surface area contributed by atoms with E-state index in [2.05, 4.69) is 6.92 Å². The Morgan fingerprint density at radius 2 is 1.93 bits per heavy atom. The number of hydrogen-bond donors (Lipinski definition) is 1. The van der Waals surface area contributed by atoms with E-state index >= 15 is 0 Å². The van der Waals surface area contributed by atoms with E-state index in [1.807, 2.05) is 0 Å². The molecule has 0 aromatic carbocycles. The molecule has 3 nitrogen and oxygen atoms in total. The maximum atomic E-state index is 11.7. The number of nitrogens with two attached hydrogens (primary N) is 1. The average Bonchev–Trinajstić information content (AvgIpc) is 2.97. The lowest BCUT2D eigenvalue weighted by Crippen LogP contribution is -2.33. The molecule has 1 rings (SSSR count). The normalized spacial score (nSPS) is 21.7. The van der Waals surface area contributed by atoms with Crippen LogP contribution in [0.5, 0.6) is 0 Å². The Balaban J connectivity index is 2.55. The average molecular weight is 233 g/mol. The van der Waals surface area contributed by atoms with Crippen LogP contribution in [-0.4, -0.2) is 26.0 Å². The van der Waals surface area contributed by atoms with Crippen LogP contribution in [-0.2, 0) is 9.84 Å². The third-order valence-electron chi connectivity index (χ3n) is 3.71. The highest BCUT2D eigenvalue weighted by Gasteiger charge is 2.40. The molecule has 2 N–H and O–H groups in total. The van der Waals surface area contributed by atoms with Gasteiger partial charge in [0.15, 0.2) is 9.84 Å². The van der Waals surface area contributed by atoms with Gasteiger partial charge in [0.2, 0.25) is 0 Å². The molecule has 0 saturated heterocycles. The summed E-state index contributed by atoms with van der Waals surface area (Å²) >= 11 is 0. The standard InChI is InChI=1S/C11H23NO2S/c1-9(2)15(13,14)7-6-11(3,8-12)10-4-5-10/h9-10H,4-8,12H2,1-3H3. The Bertz CT molecular complexity index is 307. The van der Waals surface area contributed by atoms with E-state index < -0.39 is 9.84 Å². The lowest BCUT2D eigenvalue weighted by atomic mass is 9.82. The van der Waals surface area contributed by atoms with Crippen molar-refractivity contribution in [1.82, 2.24) is 0 Å². The molecule has 1 atom stereocenters. The predicted octanol–water partition coefficient (Wildman–Crippen LogP) is 1.57. The van der Waals surface area contributed by atoms with Gasteiger partial charge in [-0.3, -0.25) is 0 Å². The van der Waals surface area contributed by atoms with Crippen molar-refractivity contribution < 1.29 is 8.42 Å². The molecule has 0 amide bonds. The van der Waals surface area contributed by atoms with E-state index in [1.165, 1.54) is 12.8 Å². The van der Waals surface area contributed by atoms with Gasteiger partial charge in [-0.2, -0.15) is 0 Å². The molecular formula is C11H23NO2S. The third kappa shape index (κ3) is 3.18. The Hall–Kier alpha value is -0.0900. The lowest BCUT2D eigenvalue weighted by molar-refractivity contribution is 0.273. The Labute approximate surface area is 93.3 Å². The second-order valence-corrected chi connectivity index (χ2v) is 7.97. The second kappa shape index (κ2) is 4.42. The first-order valence-electron chi connectivity index (χ1n) is 5.73. The fourth-order valence-electron chi connectivity index (χ4n) is 1.86. The zero-order valence-electron chi connectivity index (χ0n) is 9.99. The molecule has 1 fully saturated rings. The molecule has 0 spiro atoms. The SMILES string of the molecule is CC(C)S(=O)(=O)CCC(C)(CN)C1CC1. The van der Waals surface area contributed by atoms with Crippen LogP contribution < -0.4 is 5.73 Å².